The fourth-order valence-electron chi connectivity index (χ4n) is 9.70. The average molecular weight is 654 g/mol. The van der Waals surface area contributed by atoms with Gasteiger partial charge in [-0.25, -0.2) is 13.6 Å². The summed E-state index contributed by atoms with van der Waals surface area (Å²) in [6, 6.07) is 6.61. The van der Waals surface area contributed by atoms with Gasteiger partial charge in [0.2, 0.25) is 6.29 Å². The van der Waals surface area contributed by atoms with Crippen LogP contribution in [0, 0.1) is 34.0 Å². The maximum Gasteiger partial charge on any atom is 0.446 e. The minimum absolute atomic E-state index is 0.0309. The zero-order valence-corrected chi connectivity index (χ0v) is 25.3. The highest BCUT2D eigenvalue weighted by atomic mass is 19.4. The second-order valence-corrected chi connectivity index (χ2v) is 13.7. The number of carbonyl (C=O) groups excluding carboxylic acids is 3. The molecule has 0 unspecified atom stereocenters. The molecule has 1 aromatic rings. The highest BCUT2D eigenvalue weighted by Crippen LogP contribution is 2.74. The molecule has 0 spiro atoms. The third kappa shape index (κ3) is 4.96. The van der Waals surface area contributed by atoms with Gasteiger partial charge in [-0.05, 0) is 78.9 Å². The quantitative estimate of drug-likeness (QED) is 0.321. The SMILES string of the molecule is C[C@]12C=CC(=O)C=C1[C@@H](F)C[C@H]1[C@@H]3C[C@H]4CN(Cc5cccc(C(=O)O)c5)C[C@@]4(C(=O)CO)[C@@]3(C)C[C@H](O)[C@@]12F.O=CC(F)(F)F. The number of likely N-dealkylation sites (tertiary alicyclic amines) is 1. The van der Waals surface area contributed by atoms with E-state index in [2.05, 4.69) is 4.90 Å². The summed E-state index contributed by atoms with van der Waals surface area (Å²) in [6.07, 6.45) is -4.71. The lowest BCUT2D eigenvalue weighted by Crippen LogP contribution is -2.69. The molecule has 1 aromatic carbocycles. The lowest BCUT2D eigenvalue weighted by molar-refractivity contribution is -0.212. The number of hydrogen-bond donors (Lipinski definition) is 3. The van der Waals surface area contributed by atoms with Crippen LogP contribution in [0.4, 0.5) is 22.0 Å². The van der Waals surface area contributed by atoms with Crippen molar-refractivity contribution >= 4 is 23.8 Å². The molecule has 13 heteroatoms. The molecule has 1 heterocycles. The number of fused-ring (bicyclic) bond motifs is 7. The number of aliphatic hydroxyl groups excluding tert-OH is 2. The summed E-state index contributed by atoms with van der Waals surface area (Å²) in [5, 5.41) is 31.1. The topological polar surface area (TPSA) is 132 Å². The number of alkyl halides is 5. The van der Waals surface area contributed by atoms with E-state index in [0.29, 0.717) is 19.5 Å². The Balaban J connectivity index is 0.000000635. The van der Waals surface area contributed by atoms with Crippen LogP contribution in [0.25, 0.3) is 0 Å². The zero-order valence-electron chi connectivity index (χ0n) is 25.3. The molecule has 9 atom stereocenters. The molecule has 5 aliphatic rings. The Hall–Kier alpha value is -3.29. The molecule has 0 bridgehead atoms. The minimum Gasteiger partial charge on any atom is -0.478 e. The van der Waals surface area contributed by atoms with Crippen molar-refractivity contribution in [1.82, 2.24) is 4.90 Å². The van der Waals surface area contributed by atoms with E-state index >= 15 is 8.78 Å². The van der Waals surface area contributed by atoms with Crippen LogP contribution in [-0.2, 0) is 20.9 Å². The third-order valence-corrected chi connectivity index (χ3v) is 11.6. The van der Waals surface area contributed by atoms with Crippen LogP contribution >= 0.6 is 0 Å². The van der Waals surface area contributed by atoms with Gasteiger partial charge in [0, 0.05) is 31.0 Å². The Kier molecular flexibility index (Phi) is 8.47. The van der Waals surface area contributed by atoms with Crippen molar-refractivity contribution in [2.45, 2.75) is 63.8 Å². The van der Waals surface area contributed by atoms with E-state index in [1.807, 2.05) is 13.0 Å². The van der Waals surface area contributed by atoms with Gasteiger partial charge in [0.1, 0.15) is 12.8 Å². The maximum atomic E-state index is 17.5. The first kappa shape index (κ1) is 34.1. The number of carbonyl (C=O) groups is 4. The lowest BCUT2D eigenvalue weighted by atomic mass is 9.43. The molecule has 3 saturated carbocycles. The molecular weight excluding hydrogens is 617 g/mol. The molecule has 1 saturated heterocycles. The summed E-state index contributed by atoms with van der Waals surface area (Å²) in [4.78, 5) is 48.0. The van der Waals surface area contributed by atoms with Crippen molar-refractivity contribution in [2.75, 3.05) is 19.7 Å². The summed E-state index contributed by atoms with van der Waals surface area (Å²) in [5.41, 5.74) is -4.67. The van der Waals surface area contributed by atoms with Crippen molar-refractivity contribution < 1.29 is 56.4 Å². The summed E-state index contributed by atoms with van der Waals surface area (Å²) in [5.74, 6) is -3.33. The number of nitrogens with zero attached hydrogens (tertiary/aromatic N) is 1. The Morgan fingerprint density at radius 3 is 2.43 bits per heavy atom. The molecule has 250 valence electrons. The predicted molar refractivity (Wildman–Crippen MR) is 153 cm³/mol. The molecule has 3 N–H and O–H groups in total. The van der Waals surface area contributed by atoms with E-state index in [1.54, 1.807) is 19.1 Å². The largest absolute Gasteiger partial charge is 0.478 e. The summed E-state index contributed by atoms with van der Waals surface area (Å²) < 4.78 is 64.5. The second kappa shape index (κ2) is 11.4. The number of Topliss-reactive ketones (excluding diaryl/α,β-unsaturated/α-hetero) is 1. The van der Waals surface area contributed by atoms with Crippen molar-refractivity contribution in [3.8, 4) is 0 Å². The fraction of sp³-hybridized carbons (Fsp3) is 0.576. The lowest BCUT2D eigenvalue weighted by Gasteiger charge is -2.63. The van der Waals surface area contributed by atoms with E-state index < -0.39 is 76.8 Å². The second-order valence-electron chi connectivity index (χ2n) is 13.7. The molecule has 4 fully saturated rings. The predicted octanol–water partition coefficient (Wildman–Crippen LogP) is 4.04. The van der Waals surface area contributed by atoms with E-state index in [4.69, 9.17) is 4.79 Å². The number of carboxylic acids is 1. The Labute approximate surface area is 261 Å². The zero-order chi connectivity index (χ0) is 34.0. The van der Waals surface area contributed by atoms with Gasteiger partial charge in [0.15, 0.2) is 17.2 Å². The van der Waals surface area contributed by atoms with Crippen molar-refractivity contribution in [1.29, 1.82) is 0 Å². The fourth-order valence-corrected chi connectivity index (χ4v) is 9.70. The normalized spacial score (nSPS) is 39.6. The van der Waals surface area contributed by atoms with Crippen LogP contribution in [0.1, 0.15) is 49.0 Å². The van der Waals surface area contributed by atoms with Crippen LogP contribution < -0.4 is 0 Å². The molecule has 46 heavy (non-hydrogen) atoms. The first-order valence-corrected chi connectivity index (χ1v) is 15.1. The number of ketones is 2. The standard InChI is InChI=1S/C31H35F2NO6.C2HF3O/c1-28-7-6-20(36)10-23(28)24(32)11-22-21-9-19-14-34(13-17-4-3-5-18(8-17)27(39)40)16-30(19,26(38)15-35)29(21,2)12-25(37)31(22,28)33;3-2(4,5)1-6/h3-8,10,19,21-22,24-25,35,37H,9,11-16H2,1-2H3,(H,39,40);1H/t19-,21-,22-,24-,25-,28-,29-,30+,31-;/m0./s1. The van der Waals surface area contributed by atoms with Gasteiger partial charge in [0.25, 0.3) is 0 Å². The van der Waals surface area contributed by atoms with Gasteiger partial charge in [-0.1, -0.05) is 25.1 Å². The van der Waals surface area contributed by atoms with Crippen LogP contribution in [-0.4, -0.2) is 87.9 Å². The molecule has 8 nitrogen and oxygen atoms in total. The Morgan fingerprint density at radius 1 is 1.15 bits per heavy atom. The van der Waals surface area contributed by atoms with Gasteiger partial charge in [-0.3, -0.25) is 19.3 Å². The number of benzene rings is 1. The number of aliphatic hydroxyl groups is 2. The average Bonchev–Trinajstić information content (AvgIpc) is 3.47. The molecule has 0 aromatic heterocycles. The summed E-state index contributed by atoms with van der Waals surface area (Å²) in [7, 11) is 0. The van der Waals surface area contributed by atoms with Crippen molar-refractivity contribution in [3.05, 3.63) is 59.2 Å². The number of aldehydes is 1. The van der Waals surface area contributed by atoms with Gasteiger partial charge in [0.05, 0.1) is 17.1 Å². The number of halogens is 5. The summed E-state index contributed by atoms with van der Waals surface area (Å²) in [6.45, 7) is 3.91. The molecule has 4 aliphatic carbocycles. The molecule has 0 amide bonds. The Morgan fingerprint density at radius 2 is 1.83 bits per heavy atom. The van der Waals surface area contributed by atoms with Gasteiger partial charge >= 0.3 is 12.1 Å². The molecule has 1 aliphatic heterocycles. The molecule has 6 rings (SSSR count). The van der Waals surface area contributed by atoms with Gasteiger partial charge < -0.3 is 15.3 Å². The van der Waals surface area contributed by atoms with Crippen LogP contribution in [0.15, 0.2) is 48.1 Å². The minimum atomic E-state index is -4.64. The monoisotopic (exact) mass is 653 g/mol. The first-order valence-electron chi connectivity index (χ1n) is 15.1. The van der Waals surface area contributed by atoms with Gasteiger partial charge in [-0.15, -0.1) is 0 Å². The molecular formula is C33H36F5NO7. The third-order valence-electron chi connectivity index (χ3n) is 11.6. The summed E-state index contributed by atoms with van der Waals surface area (Å²) >= 11 is 0. The van der Waals surface area contributed by atoms with Crippen LogP contribution in [0.3, 0.4) is 0 Å². The number of allylic oxidation sites excluding steroid dienone is 4. The number of hydrogen-bond acceptors (Lipinski definition) is 7. The van der Waals surface area contributed by atoms with Gasteiger partial charge in [-0.2, -0.15) is 13.2 Å². The van der Waals surface area contributed by atoms with Crippen LogP contribution in [0.2, 0.25) is 0 Å². The van der Waals surface area contributed by atoms with E-state index in [-0.39, 0.29) is 42.2 Å². The highest BCUT2D eigenvalue weighted by Gasteiger charge is 2.78. The maximum absolute atomic E-state index is 17.5. The molecule has 0 radical (unpaired) electrons. The highest BCUT2D eigenvalue weighted by molar-refractivity contribution is 6.01. The van der Waals surface area contributed by atoms with Crippen LogP contribution in [0.5, 0.6) is 0 Å². The number of rotatable bonds is 5. The number of aromatic carboxylic acids is 1. The van der Waals surface area contributed by atoms with E-state index in [9.17, 15) is 42.9 Å². The van der Waals surface area contributed by atoms with E-state index in [0.717, 1.165) is 5.56 Å². The first-order chi connectivity index (χ1) is 21.4. The van der Waals surface area contributed by atoms with Crippen molar-refractivity contribution in [2.24, 2.45) is 34.0 Å². The van der Waals surface area contributed by atoms with E-state index in [1.165, 1.54) is 24.3 Å². The smallest absolute Gasteiger partial charge is 0.446 e. The number of carboxylic acid groups (broad SMARTS) is 1. The Bertz CT molecular complexity index is 1510. The van der Waals surface area contributed by atoms with Crippen molar-refractivity contribution in [3.63, 3.8) is 0 Å².